The molecule has 1 heterocycles. The number of rotatable bonds is 15. The van der Waals surface area contributed by atoms with Crippen molar-refractivity contribution in [3.05, 3.63) is 35.9 Å². The van der Waals surface area contributed by atoms with Crippen LogP contribution in [0.4, 0.5) is 4.79 Å². The summed E-state index contributed by atoms with van der Waals surface area (Å²) in [5.41, 5.74) is 0.218. The molecule has 1 unspecified atom stereocenters. The van der Waals surface area contributed by atoms with Crippen LogP contribution in [0.1, 0.15) is 80.2 Å². The summed E-state index contributed by atoms with van der Waals surface area (Å²) in [7, 11) is 0. The van der Waals surface area contributed by atoms with Gasteiger partial charge in [-0.05, 0) is 57.4 Å². The fraction of sp³-hybridized carbons (Fsp3) is 0.697. The number of carbonyl (C=O) groups is 4. The second-order valence-electron chi connectivity index (χ2n) is 13.6. The third-order valence-corrected chi connectivity index (χ3v) is 7.51. The highest BCUT2D eigenvalue weighted by Gasteiger charge is 2.37. The van der Waals surface area contributed by atoms with Crippen molar-refractivity contribution in [2.24, 2.45) is 23.7 Å². The van der Waals surface area contributed by atoms with Crippen molar-refractivity contribution < 1.29 is 33.8 Å². The number of hydrogen-bond acceptors (Lipinski definition) is 7. The van der Waals surface area contributed by atoms with Crippen LogP contribution in [0.2, 0.25) is 0 Å². The van der Waals surface area contributed by atoms with Gasteiger partial charge in [-0.25, -0.2) is 4.79 Å². The van der Waals surface area contributed by atoms with Crippen molar-refractivity contribution in [1.29, 1.82) is 0 Å². The topological polar surface area (TPSA) is 155 Å². The van der Waals surface area contributed by atoms with E-state index in [0.29, 0.717) is 32.6 Å². The molecule has 0 bridgehead atoms. The molecule has 6 atom stereocenters. The summed E-state index contributed by atoms with van der Waals surface area (Å²) in [5.74, 6) is -2.00. The number of aliphatic hydroxyl groups excluding tert-OH is 1. The number of benzene rings is 1. The summed E-state index contributed by atoms with van der Waals surface area (Å²) in [4.78, 5) is 52.2. The summed E-state index contributed by atoms with van der Waals surface area (Å²) >= 11 is 0. The average Bonchev–Trinajstić information content (AvgIpc) is 3.46. The van der Waals surface area contributed by atoms with Crippen LogP contribution >= 0.6 is 0 Å². The van der Waals surface area contributed by atoms with E-state index in [4.69, 9.17) is 9.47 Å². The van der Waals surface area contributed by atoms with Crippen molar-refractivity contribution in [2.45, 2.75) is 111 Å². The summed E-state index contributed by atoms with van der Waals surface area (Å²) in [5, 5.41) is 22.6. The molecule has 248 valence electrons. The third kappa shape index (κ3) is 12.8. The quantitative estimate of drug-likeness (QED) is 0.202. The molecule has 0 aliphatic carbocycles. The van der Waals surface area contributed by atoms with Crippen LogP contribution in [0.25, 0.3) is 0 Å². The number of alkyl carbamates (subject to hydrolysis) is 1. The number of hydrogen-bond donors (Lipinski definition) is 5. The Morgan fingerprint density at radius 1 is 0.932 bits per heavy atom. The molecule has 11 heteroatoms. The lowest BCUT2D eigenvalue weighted by Crippen LogP contribution is -2.56. The van der Waals surface area contributed by atoms with E-state index in [1.165, 1.54) is 0 Å². The van der Waals surface area contributed by atoms with Gasteiger partial charge in [-0.2, -0.15) is 0 Å². The van der Waals surface area contributed by atoms with Gasteiger partial charge < -0.3 is 35.8 Å². The SMILES string of the molecule is CC(C)C[C@H](NC(=O)C(NC(=O)OC(C)(C)C)[C@@H]1CCOC1)[C@@H](O)C[C@@H](C)C(=O)N[C@H](C(=O)NCc1ccccc1)C(C)C. The Morgan fingerprint density at radius 3 is 2.14 bits per heavy atom. The fourth-order valence-corrected chi connectivity index (χ4v) is 5.10. The molecule has 4 amide bonds. The van der Waals surface area contributed by atoms with Crippen molar-refractivity contribution in [1.82, 2.24) is 21.3 Å². The highest BCUT2D eigenvalue weighted by atomic mass is 16.6. The first kappa shape index (κ1) is 37.0. The van der Waals surface area contributed by atoms with Crippen molar-refractivity contribution in [3.63, 3.8) is 0 Å². The minimum atomic E-state index is -1.05. The van der Waals surface area contributed by atoms with Gasteiger partial charge in [-0.15, -0.1) is 0 Å². The molecule has 0 spiro atoms. The average molecular weight is 619 g/mol. The summed E-state index contributed by atoms with van der Waals surface area (Å²) in [6, 6.07) is 7.20. The molecule has 1 fully saturated rings. The molecule has 44 heavy (non-hydrogen) atoms. The predicted molar refractivity (Wildman–Crippen MR) is 168 cm³/mol. The van der Waals surface area contributed by atoms with Gasteiger partial charge in [0.2, 0.25) is 17.7 Å². The van der Waals surface area contributed by atoms with E-state index < -0.39 is 47.7 Å². The Labute approximate surface area is 262 Å². The van der Waals surface area contributed by atoms with Gasteiger partial charge in [-0.1, -0.05) is 65.0 Å². The van der Waals surface area contributed by atoms with Gasteiger partial charge in [0.05, 0.1) is 18.8 Å². The van der Waals surface area contributed by atoms with Gasteiger partial charge >= 0.3 is 6.09 Å². The monoisotopic (exact) mass is 618 g/mol. The minimum Gasteiger partial charge on any atom is -0.444 e. The smallest absolute Gasteiger partial charge is 0.408 e. The molecule has 0 aromatic heterocycles. The van der Waals surface area contributed by atoms with Gasteiger partial charge in [0.15, 0.2) is 0 Å². The Morgan fingerprint density at radius 2 is 1.59 bits per heavy atom. The zero-order valence-electron chi connectivity index (χ0n) is 27.6. The molecule has 5 N–H and O–H groups in total. The van der Waals surface area contributed by atoms with Gasteiger partial charge in [0.25, 0.3) is 0 Å². The van der Waals surface area contributed by atoms with E-state index >= 15 is 0 Å². The Kier molecular flexibility index (Phi) is 14.6. The number of ether oxygens (including phenoxy) is 2. The van der Waals surface area contributed by atoms with E-state index in [1.54, 1.807) is 27.7 Å². The molecule has 0 radical (unpaired) electrons. The van der Waals surface area contributed by atoms with Crippen LogP contribution in [0.15, 0.2) is 30.3 Å². The Balaban J connectivity index is 2.06. The predicted octanol–water partition coefficient (Wildman–Crippen LogP) is 3.29. The standard InChI is InChI=1S/C33H54N4O7/c1-20(2)16-25(35-31(41)28(24-14-15-43-19-24)37-32(42)44-33(6,7)8)26(38)17-22(5)29(39)36-27(21(3)4)30(40)34-18-23-12-10-9-11-13-23/h9-13,20-22,24-28,38H,14-19H2,1-8H3,(H,34,40)(H,35,41)(H,36,39)(H,37,42)/t22-,24-,25+,26+,27+,28?/m1/s1. The first-order valence-corrected chi connectivity index (χ1v) is 15.7. The number of carbonyl (C=O) groups excluding carboxylic acids is 4. The lowest BCUT2D eigenvalue weighted by atomic mass is 9.91. The van der Waals surface area contributed by atoms with Gasteiger partial charge in [0, 0.05) is 25.0 Å². The summed E-state index contributed by atoms with van der Waals surface area (Å²) in [6.07, 6.45) is -0.635. The molecule has 1 saturated heterocycles. The van der Waals surface area contributed by atoms with E-state index in [0.717, 1.165) is 5.56 Å². The highest BCUT2D eigenvalue weighted by Crippen LogP contribution is 2.21. The largest absolute Gasteiger partial charge is 0.444 e. The number of aliphatic hydroxyl groups is 1. The Hall–Kier alpha value is -3.18. The second-order valence-corrected chi connectivity index (χ2v) is 13.6. The normalized spacial score (nSPS) is 18.6. The fourth-order valence-electron chi connectivity index (χ4n) is 5.10. The van der Waals surface area contributed by atoms with Crippen molar-refractivity contribution in [3.8, 4) is 0 Å². The van der Waals surface area contributed by atoms with Crippen LogP contribution in [0.3, 0.4) is 0 Å². The molecule has 1 aromatic rings. The van der Waals surface area contributed by atoms with E-state index in [-0.39, 0.29) is 36.0 Å². The molecule has 1 aliphatic rings. The highest BCUT2D eigenvalue weighted by molar-refractivity contribution is 5.88. The zero-order valence-corrected chi connectivity index (χ0v) is 27.6. The van der Waals surface area contributed by atoms with Crippen LogP contribution in [0, 0.1) is 23.7 Å². The maximum absolute atomic E-state index is 13.5. The third-order valence-electron chi connectivity index (χ3n) is 7.51. The van der Waals surface area contributed by atoms with Crippen LogP contribution in [-0.4, -0.2) is 72.0 Å². The molecule has 11 nitrogen and oxygen atoms in total. The Bertz CT molecular complexity index is 1070. The van der Waals surface area contributed by atoms with Crippen molar-refractivity contribution >= 4 is 23.8 Å². The molecular formula is C33H54N4O7. The number of amides is 4. The van der Waals surface area contributed by atoms with E-state index in [2.05, 4.69) is 21.3 Å². The summed E-state index contributed by atoms with van der Waals surface area (Å²) in [6.45, 7) is 15.7. The van der Waals surface area contributed by atoms with Crippen LogP contribution < -0.4 is 21.3 Å². The van der Waals surface area contributed by atoms with Crippen LogP contribution in [-0.2, 0) is 30.4 Å². The van der Waals surface area contributed by atoms with E-state index in [9.17, 15) is 24.3 Å². The summed E-state index contributed by atoms with van der Waals surface area (Å²) < 4.78 is 10.9. The maximum atomic E-state index is 13.5. The first-order chi connectivity index (χ1) is 20.6. The van der Waals surface area contributed by atoms with Crippen molar-refractivity contribution in [2.75, 3.05) is 13.2 Å². The molecule has 0 saturated carbocycles. The second kappa shape index (κ2) is 17.3. The lowest BCUT2D eigenvalue weighted by molar-refractivity contribution is -0.132. The van der Waals surface area contributed by atoms with E-state index in [1.807, 2.05) is 58.0 Å². The molecule has 2 rings (SSSR count). The van der Waals surface area contributed by atoms with Crippen LogP contribution in [0.5, 0.6) is 0 Å². The van der Waals surface area contributed by atoms with Gasteiger partial charge in [0.1, 0.15) is 17.7 Å². The molecular weight excluding hydrogens is 564 g/mol. The number of nitrogens with one attached hydrogen (secondary N) is 4. The lowest BCUT2D eigenvalue weighted by Gasteiger charge is -2.31. The van der Waals surface area contributed by atoms with Gasteiger partial charge in [-0.3, -0.25) is 14.4 Å². The zero-order chi connectivity index (χ0) is 33.0. The first-order valence-electron chi connectivity index (χ1n) is 15.7. The molecule has 1 aliphatic heterocycles. The maximum Gasteiger partial charge on any atom is 0.408 e. The molecule has 1 aromatic carbocycles. The minimum absolute atomic E-state index is 0.0661.